The number of methoxy groups -OCH3 is 1. The second-order valence-corrected chi connectivity index (χ2v) is 9.37. The average molecular weight is 443 g/mol. The molecule has 1 fully saturated rings. The highest BCUT2D eigenvalue weighted by atomic mass is 32.2. The normalized spacial score (nSPS) is 16.2. The number of piperazine rings is 1. The van der Waals surface area contributed by atoms with Crippen molar-refractivity contribution in [2.45, 2.75) is 33.4 Å². The van der Waals surface area contributed by atoms with Crippen LogP contribution in [0.2, 0.25) is 0 Å². The van der Waals surface area contributed by atoms with Gasteiger partial charge in [0.2, 0.25) is 10.0 Å². The number of hydrogen-bond acceptors (Lipinski definition) is 6. The summed E-state index contributed by atoms with van der Waals surface area (Å²) in [6.07, 6.45) is 0.0138. The maximum atomic E-state index is 12.5. The zero-order valence-corrected chi connectivity index (χ0v) is 19.1. The number of sulfonamides is 1. The largest absolute Gasteiger partial charge is 0.508 e. The van der Waals surface area contributed by atoms with Gasteiger partial charge in [-0.1, -0.05) is 0 Å². The summed E-state index contributed by atoms with van der Waals surface area (Å²) in [4.78, 5) is 6.67. The number of phenolic OH excluding ortho intramolecular Hbond substituents is 1. The van der Waals surface area contributed by atoms with Crippen molar-refractivity contribution in [2.24, 2.45) is 4.99 Å². The van der Waals surface area contributed by atoms with Gasteiger partial charge in [-0.25, -0.2) is 13.4 Å². The monoisotopic (exact) mass is 442 g/mol. The fraction of sp³-hybridized carbons (Fsp3) is 0.650. The molecule has 0 bridgehead atoms. The van der Waals surface area contributed by atoms with Crippen molar-refractivity contribution >= 4 is 16.0 Å². The summed E-state index contributed by atoms with van der Waals surface area (Å²) in [6, 6.07) is 5.04. The first-order chi connectivity index (χ1) is 14.3. The standard InChI is InChI=1S/C20H34N4O5S/c1-5-21-20(22-15-17-14-18(28-4)6-7-19(17)25)23-8-10-24(11-9-23)30(26,27)13-12-29-16(2)3/h6-7,14,16,25H,5,8-13,15H2,1-4H3,(H,21,22). The van der Waals surface area contributed by atoms with E-state index in [0.717, 1.165) is 0 Å². The van der Waals surface area contributed by atoms with Crippen molar-refractivity contribution in [1.29, 1.82) is 0 Å². The molecule has 1 aromatic carbocycles. The Kier molecular flexibility index (Phi) is 9.19. The third-order valence-corrected chi connectivity index (χ3v) is 6.58. The summed E-state index contributed by atoms with van der Waals surface area (Å²) in [5.74, 6) is 1.51. The van der Waals surface area contributed by atoms with E-state index in [-0.39, 0.29) is 30.8 Å². The minimum atomic E-state index is -3.33. The third-order valence-electron chi connectivity index (χ3n) is 4.74. The molecule has 0 unspecified atom stereocenters. The van der Waals surface area contributed by atoms with Crippen LogP contribution in [0.15, 0.2) is 23.2 Å². The van der Waals surface area contributed by atoms with Crippen LogP contribution < -0.4 is 10.1 Å². The van der Waals surface area contributed by atoms with Gasteiger partial charge in [0, 0.05) is 38.3 Å². The fourth-order valence-electron chi connectivity index (χ4n) is 3.10. The maximum Gasteiger partial charge on any atom is 0.216 e. The Labute approximate surface area is 179 Å². The minimum absolute atomic E-state index is 0.00550. The fourth-order valence-corrected chi connectivity index (χ4v) is 4.38. The first kappa shape index (κ1) is 24.2. The van der Waals surface area contributed by atoms with Crippen LogP contribution in [0.1, 0.15) is 26.3 Å². The number of benzene rings is 1. The van der Waals surface area contributed by atoms with Crippen LogP contribution in [-0.4, -0.2) is 87.0 Å². The van der Waals surface area contributed by atoms with Gasteiger partial charge >= 0.3 is 0 Å². The smallest absolute Gasteiger partial charge is 0.216 e. The first-order valence-corrected chi connectivity index (χ1v) is 11.9. The first-order valence-electron chi connectivity index (χ1n) is 10.3. The molecule has 0 spiro atoms. The van der Waals surface area contributed by atoms with Crippen molar-refractivity contribution in [3.8, 4) is 11.5 Å². The predicted octanol–water partition coefficient (Wildman–Crippen LogP) is 1.24. The van der Waals surface area contributed by atoms with Gasteiger partial charge in [0.1, 0.15) is 11.5 Å². The molecule has 10 heteroatoms. The molecule has 0 aliphatic carbocycles. The molecule has 0 amide bonds. The van der Waals surface area contributed by atoms with Gasteiger partial charge in [-0.3, -0.25) is 0 Å². The van der Waals surface area contributed by atoms with Crippen molar-refractivity contribution < 1.29 is 23.0 Å². The van der Waals surface area contributed by atoms with Gasteiger partial charge in [-0.15, -0.1) is 0 Å². The van der Waals surface area contributed by atoms with E-state index in [1.807, 2.05) is 25.7 Å². The summed E-state index contributed by atoms with van der Waals surface area (Å²) in [5, 5.41) is 13.3. The summed E-state index contributed by atoms with van der Waals surface area (Å²) in [7, 11) is -1.76. The Balaban J connectivity index is 1.99. The lowest BCUT2D eigenvalue weighted by Crippen LogP contribution is -2.54. The van der Waals surface area contributed by atoms with E-state index in [2.05, 4.69) is 10.3 Å². The van der Waals surface area contributed by atoms with Gasteiger partial charge in [-0.05, 0) is 39.0 Å². The Morgan fingerprint density at radius 2 is 1.97 bits per heavy atom. The molecule has 1 aromatic rings. The quantitative estimate of drug-likeness (QED) is 0.438. The van der Waals surface area contributed by atoms with E-state index in [0.29, 0.717) is 50.0 Å². The number of aliphatic imine (C=N–C) groups is 1. The zero-order chi connectivity index (χ0) is 22.1. The van der Waals surface area contributed by atoms with Crippen LogP contribution in [-0.2, 0) is 21.3 Å². The predicted molar refractivity (Wildman–Crippen MR) is 117 cm³/mol. The van der Waals surface area contributed by atoms with E-state index in [1.165, 1.54) is 4.31 Å². The van der Waals surface area contributed by atoms with E-state index in [9.17, 15) is 13.5 Å². The Morgan fingerprint density at radius 1 is 1.27 bits per heavy atom. The van der Waals surface area contributed by atoms with Crippen LogP contribution in [0.4, 0.5) is 0 Å². The van der Waals surface area contributed by atoms with E-state index in [4.69, 9.17) is 9.47 Å². The second kappa shape index (κ2) is 11.4. The molecule has 1 heterocycles. The molecular formula is C20H34N4O5S. The van der Waals surface area contributed by atoms with Gasteiger partial charge in [0.25, 0.3) is 0 Å². The van der Waals surface area contributed by atoms with Crippen LogP contribution >= 0.6 is 0 Å². The molecule has 9 nitrogen and oxygen atoms in total. The number of guanidine groups is 1. The summed E-state index contributed by atoms with van der Waals surface area (Å²) in [6.45, 7) is 8.82. The Morgan fingerprint density at radius 3 is 2.57 bits per heavy atom. The van der Waals surface area contributed by atoms with Crippen LogP contribution in [0.3, 0.4) is 0 Å². The Bertz CT molecular complexity index is 805. The van der Waals surface area contributed by atoms with E-state index in [1.54, 1.807) is 25.3 Å². The lowest BCUT2D eigenvalue weighted by atomic mass is 10.2. The SMILES string of the molecule is CCNC(=NCc1cc(OC)ccc1O)N1CCN(S(=O)(=O)CCOC(C)C)CC1. The lowest BCUT2D eigenvalue weighted by molar-refractivity contribution is 0.0904. The molecular weight excluding hydrogens is 408 g/mol. The molecule has 2 N–H and O–H groups in total. The van der Waals surface area contributed by atoms with Crippen LogP contribution in [0.5, 0.6) is 11.5 Å². The van der Waals surface area contributed by atoms with Crippen LogP contribution in [0.25, 0.3) is 0 Å². The highest BCUT2D eigenvalue weighted by Crippen LogP contribution is 2.23. The molecule has 0 saturated carbocycles. The van der Waals surface area contributed by atoms with E-state index >= 15 is 0 Å². The number of rotatable bonds is 9. The van der Waals surface area contributed by atoms with Gasteiger partial charge in [0.05, 0.1) is 32.1 Å². The molecule has 1 aliphatic heterocycles. The van der Waals surface area contributed by atoms with Gasteiger partial charge < -0.3 is 24.8 Å². The molecule has 1 saturated heterocycles. The lowest BCUT2D eigenvalue weighted by Gasteiger charge is -2.36. The van der Waals surface area contributed by atoms with Crippen molar-refractivity contribution in [1.82, 2.24) is 14.5 Å². The zero-order valence-electron chi connectivity index (χ0n) is 18.3. The second-order valence-electron chi connectivity index (χ2n) is 7.29. The number of ether oxygens (including phenoxy) is 2. The molecule has 1 aliphatic rings. The number of aromatic hydroxyl groups is 1. The summed E-state index contributed by atoms with van der Waals surface area (Å²) >= 11 is 0. The highest BCUT2D eigenvalue weighted by molar-refractivity contribution is 7.89. The summed E-state index contributed by atoms with van der Waals surface area (Å²) < 4.78 is 37.2. The minimum Gasteiger partial charge on any atom is -0.508 e. The molecule has 0 aromatic heterocycles. The highest BCUT2D eigenvalue weighted by Gasteiger charge is 2.28. The molecule has 0 atom stereocenters. The maximum absolute atomic E-state index is 12.5. The average Bonchev–Trinajstić information content (AvgIpc) is 2.72. The topological polar surface area (TPSA) is 104 Å². The van der Waals surface area contributed by atoms with Gasteiger partial charge in [0.15, 0.2) is 5.96 Å². The summed E-state index contributed by atoms with van der Waals surface area (Å²) in [5.41, 5.74) is 0.663. The molecule has 2 rings (SSSR count). The third kappa shape index (κ3) is 7.03. The van der Waals surface area contributed by atoms with Crippen molar-refractivity contribution in [3.63, 3.8) is 0 Å². The van der Waals surface area contributed by atoms with Gasteiger partial charge in [-0.2, -0.15) is 4.31 Å². The van der Waals surface area contributed by atoms with E-state index < -0.39 is 10.0 Å². The van der Waals surface area contributed by atoms with Crippen molar-refractivity contribution in [3.05, 3.63) is 23.8 Å². The Hall–Kier alpha value is -2.04. The number of nitrogens with one attached hydrogen (secondary N) is 1. The number of hydrogen-bond donors (Lipinski definition) is 2. The number of nitrogens with zero attached hydrogens (tertiary/aromatic N) is 3. The molecule has 30 heavy (non-hydrogen) atoms. The number of phenols is 1. The van der Waals surface area contributed by atoms with Crippen molar-refractivity contribution in [2.75, 3.05) is 52.2 Å². The molecule has 170 valence electrons. The van der Waals surface area contributed by atoms with Crippen LogP contribution in [0, 0.1) is 0 Å². The molecule has 0 radical (unpaired) electrons.